The van der Waals surface area contributed by atoms with Crippen LogP contribution in [0.25, 0.3) is 11.1 Å². The van der Waals surface area contributed by atoms with Gasteiger partial charge in [0, 0.05) is 50.5 Å². The molecule has 7 heteroatoms. The van der Waals surface area contributed by atoms with Gasteiger partial charge >= 0.3 is 0 Å². The largest absolute Gasteiger partial charge is 0.508 e. The van der Waals surface area contributed by atoms with Gasteiger partial charge in [-0.1, -0.05) is 79.7 Å². The zero-order valence-corrected chi connectivity index (χ0v) is 25.7. The van der Waals surface area contributed by atoms with E-state index in [0.717, 1.165) is 61.5 Å². The van der Waals surface area contributed by atoms with Crippen molar-refractivity contribution in [3.8, 4) is 5.75 Å². The van der Waals surface area contributed by atoms with Crippen LogP contribution in [-0.2, 0) is 16.1 Å². The molecule has 230 valence electrons. The van der Waals surface area contributed by atoms with Crippen molar-refractivity contribution in [3.05, 3.63) is 125 Å². The number of hydrogen-bond donors (Lipinski definition) is 3. The maximum Gasteiger partial charge on any atom is 0.249 e. The highest BCUT2D eigenvalue weighted by Gasteiger charge is 2.27. The number of piperazine rings is 1. The number of allylic oxidation sites excluding steroid dienone is 1. The summed E-state index contributed by atoms with van der Waals surface area (Å²) in [5.41, 5.74) is 9.22. The molecule has 2 amide bonds. The molecule has 7 nitrogen and oxygen atoms in total. The van der Waals surface area contributed by atoms with E-state index in [1.54, 1.807) is 12.1 Å². The number of anilines is 2. The summed E-state index contributed by atoms with van der Waals surface area (Å²) in [6, 6.07) is 34.7. The molecule has 0 bridgehead atoms. The van der Waals surface area contributed by atoms with Gasteiger partial charge in [0.15, 0.2) is 0 Å². The van der Waals surface area contributed by atoms with Crippen molar-refractivity contribution < 1.29 is 14.7 Å². The molecule has 2 saturated heterocycles. The fourth-order valence-corrected chi connectivity index (χ4v) is 6.37. The van der Waals surface area contributed by atoms with Gasteiger partial charge in [0.05, 0.1) is 0 Å². The van der Waals surface area contributed by atoms with Crippen LogP contribution in [0.2, 0.25) is 0 Å². The Kier molecular flexibility index (Phi) is 9.27. The van der Waals surface area contributed by atoms with E-state index in [9.17, 15) is 14.7 Å². The minimum atomic E-state index is -0.394. The predicted molar refractivity (Wildman–Crippen MR) is 181 cm³/mol. The third-order valence-corrected chi connectivity index (χ3v) is 8.81. The molecule has 2 aliphatic rings. The number of phenolic OH excluding ortho intramolecular Hbond substituents is 1. The molecule has 1 atom stereocenters. The molecule has 45 heavy (non-hydrogen) atoms. The summed E-state index contributed by atoms with van der Waals surface area (Å²) in [6.45, 7) is 6.70. The molecule has 2 heterocycles. The second-order valence-electron chi connectivity index (χ2n) is 11.7. The number of aromatic hydroxyl groups is 1. The smallest absolute Gasteiger partial charge is 0.249 e. The van der Waals surface area contributed by atoms with E-state index >= 15 is 0 Å². The predicted octanol–water partition coefficient (Wildman–Crippen LogP) is 6.30. The average molecular weight is 601 g/mol. The van der Waals surface area contributed by atoms with E-state index in [2.05, 4.69) is 82.0 Å². The second kappa shape index (κ2) is 13.8. The molecule has 0 radical (unpaired) electrons. The minimum absolute atomic E-state index is 0.203. The van der Waals surface area contributed by atoms with Gasteiger partial charge in [-0.25, -0.2) is 0 Å². The lowest BCUT2D eigenvalue weighted by Gasteiger charge is -2.36. The summed E-state index contributed by atoms with van der Waals surface area (Å²) in [5, 5.41) is 15.8. The first-order chi connectivity index (χ1) is 22.0. The average Bonchev–Trinajstić information content (AvgIpc) is 3.07. The van der Waals surface area contributed by atoms with E-state index in [1.165, 1.54) is 22.4 Å². The van der Waals surface area contributed by atoms with Crippen molar-refractivity contribution in [2.45, 2.75) is 38.8 Å². The molecule has 0 spiro atoms. The monoisotopic (exact) mass is 600 g/mol. The van der Waals surface area contributed by atoms with E-state index < -0.39 is 6.04 Å². The molecular formula is C38H40N4O3. The van der Waals surface area contributed by atoms with Crippen molar-refractivity contribution in [2.24, 2.45) is 0 Å². The van der Waals surface area contributed by atoms with Gasteiger partial charge in [-0.15, -0.1) is 0 Å². The second-order valence-corrected chi connectivity index (χ2v) is 11.7. The Balaban J connectivity index is 1.14. The SMILES string of the molecule is CCC(=C(c1ccc(O)cc1)c1ccc(N2CCN(Cc3ccccc3NC3CCC(=O)NC3=O)CC2)cc1)c1ccccc1. The van der Waals surface area contributed by atoms with Crippen molar-refractivity contribution >= 4 is 34.3 Å². The molecule has 1 unspecified atom stereocenters. The fourth-order valence-electron chi connectivity index (χ4n) is 6.37. The fraction of sp³-hybridized carbons (Fsp3) is 0.263. The zero-order valence-electron chi connectivity index (χ0n) is 25.7. The number of amides is 2. The van der Waals surface area contributed by atoms with E-state index in [0.29, 0.717) is 12.8 Å². The number of benzene rings is 4. The van der Waals surface area contributed by atoms with Crippen molar-refractivity contribution in [1.82, 2.24) is 10.2 Å². The van der Waals surface area contributed by atoms with Gasteiger partial charge in [-0.2, -0.15) is 0 Å². The van der Waals surface area contributed by atoms with Crippen LogP contribution in [0.15, 0.2) is 103 Å². The summed E-state index contributed by atoms with van der Waals surface area (Å²) in [5.74, 6) is -0.192. The van der Waals surface area contributed by atoms with Gasteiger partial charge in [0.2, 0.25) is 11.8 Å². The van der Waals surface area contributed by atoms with Gasteiger partial charge in [0.1, 0.15) is 11.8 Å². The summed E-state index contributed by atoms with van der Waals surface area (Å²) in [4.78, 5) is 28.8. The lowest BCUT2D eigenvalue weighted by Crippen LogP contribution is -2.48. The standard InChI is InChI=1S/C38H40N4O3/c1-2-33(27-8-4-3-5-9-27)37(29-14-18-32(43)19-15-29)28-12-16-31(17-13-28)42-24-22-41(23-25-42)26-30-10-6-7-11-34(30)39-35-20-21-36(44)40-38(35)45/h3-19,35,39,43H,2,20-26H2,1H3,(H,40,44,45). The first kappa shape index (κ1) is 30.2. The highest BCUT2D eigenvalue weighted by atomic mass is 16.3. The van der Waals surface area contributed by atoms with Crippen LogP contribution in [0, 0.1) is 0 Å². The van der Waals surface area contributed by atoms with Crippen molar-refractivity contribution in [2.75, 3.05) is 36.4 Å². The Morgan fingerprint density at radius 2 is 1.44 bits per heavy atom. The van der Waals surface area contributed by atoms with E-state index in [1.807, 2.05) is 36.4 Å². The normalized spacial score (nSPS) is 17.9. The van der Waals surface area contributed by atoms with Gasteiger partial charge in [-0.3, -0.25) is 19.8 Å². The topological polar surface area (TPSA) is 84.9 Å². The number of carbonyl (C=O) groups is 2. The quantitative estimate of drug-likeness (QED) is 0.155. The van der Waals surface area contributed by atoms with Crippen LogP contribution in [0.5, 0.6) is 5.75 Å². The van der Waals surface area contributed by atoms with Crippen LogP contribution >= 0.6 is 0 Å². The Labute approximate surface area is 265 Å². The molecule has 4 aromatic carbocycles. The summed E-state index contributed by atoms with van der Waals surface area (Å²) >= 11 is 0. The Morgan fingerprint density at radius 1 is 0.800 bits per heavy atom. The number of para-hydroxylation sites is 1. The number of rotatable bonds is 9. The lowest BCUT2D eigenvalue weighted by atomic mass is 9.88. The Hall–Kier alpha value is -4.88. The molecule has 0 aliphatic carbocycles. The number of hydrogen-bond acceptors (Lipinski definition) is 6. The highest BCUT2D eigenvalue weighted by molar-refractivity contribution is 6.01. The molecule has 3 N–H and O–H groups in total. The molecule has 0 aromatic heterocycles. The maximum atomic E-state index is 12.3. The number of nitrogens with zero attached hydrogens (tertiary/aromatic N) is 2. The van der Waals surface area contributed by atoms with Crippen LogP contribution in [-0.4, -0.2) is 54.0 Å². The number of imide groups is 1. The van der Waals surface area contributed by atoms with Crippen molar-refractivity contribution in [1.29, 1.82) is 0 Å². The number of carbonyl (C=O) groups excluding carboxylic acids is 2. The molecular weight excluding hydrogens is 560 g/mol. The number of nitrogens with one attached hydrogen (secondary N) is 2. The van der Waals surface area contributed by atoms with Crippen LogP contribution < -0.4 is 15.5 Å². The van der Waals surface area contributed by atoms with Crippen molar-refractivity contribution in [3.63, 3.8) is 0 Å². The third-order valence-electron chi connectivity index (χ3n) is 8.81. The van der Waals surface area contributed by atoms with Gasteiger partial charge < -0.3 is 15.3 Å². The van der Waals surface area contributed by atoms with Crippen LogP contribution in [0.4, 0.5) is 11.4 Å². The summed E-state index contributed by atoms with van der Waals surface area (Å²) < 4.78 is 0. The molecule has 2 fully saturated rings. The Morgan fingerprint density at radius 3 is 2.11 bits per heavy atom. The highest BCUT2D eigenvalue weighted by Crippen LogP contribution is 2.36. The lowest BCUT2D eigenvalue weighted by molar-refractivity contribution is -0.133. The molecule has 6 rings (SSSR count). The third kappa shape index (κ3) is 7.10. The Bertz CT molecular complexity index is 1660. The maximum absolute atomic E-state index is 12.3. The number of phenols is 1. The summed E-state index contributed by atoms with van der Waals surface area (Å²) in [6.07, 6.45) is 1.75. The first-order valence-electron chi connectivity index (χ1n) is 15.8. The van der Waals surface area contributed by atoms with E-state index in [-0.39, 0.29) is 17.6 Å². The molecule has 0 saturated carbocycles. The molecule has 2 aliphatic heterocycles. The zero-order chi connectivity index (χ0) is 31.2. The first-order valence-corrected chi connectivity index (χ1v) is 15.8. The van der Waals surface area contributed by atoms with Crippen LogP contribution in [0.3, 0.4) is 0 Å². The van der Waals surface area contributed by atoms with E-state index in [4.69, 9.17) is 0 Å². The number of piperidine rings is 1. The minimum Gasteiger partial charge on any atom is -0.508 e. The summed E-state index contributed by atoms with van der Waals surface area (Å²) in [7, 11) is 0. The van der Waals surface area contributed by atoms with Gasteiger partial charge in [-0.05, 0) is 76.6 Å². The van der Waals surface area contributed by atoms with Crippen LogP contribution in [0.1, 0.15) is 48.4 Å². The molecule has 4 aromatic rings. The van der Waals surface area contributed by atoms with Gasteiger partial charge in [0.25, 0.3) is 0 Å².